The summed E-state index contributed by atoms with van der Waals surface area (Å²) in [6, 6.07) is 5.57. The van der Waals surface area contributed by atoms with Gasteiger partial charge in [-0.25, -0.2) is 4.79 Å². The third kappa shape index (κ3) is 3.45. The van der Waals surface area contributed by atoms with Crippen LogP contribution >= 0.6 is 11.6 Å². The molecule has 0 aromatic heterocycles. The Morgan fingerprint density at radius 2 is 2.05 bits per heavy atom. The zero-order chi connectivity index (χ0) is 14.7. The van der Waals surface area contributed by atoms with Gasteiger partial charge in [-0.05, 0) is 42.9 Å². The Morgan fingerprint density at radius 3 is 2.70 bits per heavy atom. The van der Waals surface area contributed by atoms with E-state index in [-0.39, 0.29) is 10.6 Å². The lowest BCUT2D eigenvalue weighted by Crippen LogP contribution is -2.35. The Balaban J connectivity index is 2.16. The predicted octanol–water partition coefficient (Wildman–Crippen LogP) is 4.66. The van der Waals surface area contributed by atoms with Gasteiger partial charge < -0.3 is 10.4 Å². The van der Waals surface area contributed by atoms with Crippen LogP contribution in [-0.2, 0) is 0 Å². The van der Waals surface area contributed by atoms with Crippen molar-refractivity contribution >= 4 is 23.3 Å². The van der Waals surface area contributed by atoms with E-state index >= 15 is 0 Å². The standard InChI is InChI=1S/C16H22ClNO2/c1-10(2)12-5-3-4-6-15(12)18-11-7-8-14(17)13(9-11)16(19)20/h7-10,12,15,18H,3-6H2,1-2H3,(H,19,20). The quantitative estimate of drug-likeness (QED) is 0.849. The molecule has 2 rings (SSSR count). The maximum Gasteiger partial charge on any atom is 0.337 e. The van der Waals surface area contributed by atoms with E-state index in [0.717, 1.165) is 12.1 Å². The highest BCUT2D eigenvalue weighted by Crippen LogP contribution is 2.33. The number of carboxylic acids is 1. The molecule has 1 fully saturated rings. The van der Waals surface area contributed by atoms with E-state index in [1.165, 1.54) is 19.3 Å². The smallest absolute Gasteiger partial charge is 0.337 e. The van der Waals surface area contributed by atoms with Gasteiger partial charge >= 0.3 is 5.97 Å². The number of rotatable bonds is 4. The lowest BCUT2D eigenvalue weighted by molar-refractivity contribution is 0.0697. The van der Waals surface area contributed by atoms with Gasteiger partial charge in [-0.2, -0.15) is 0 Å². The minimum absolute atomic E-state index is 0.161. The highest BCUT2D eigenvalue weighted by Gasteiger charge is 2.27. The van der Waals surface area contributed by atoms with Crippen molar-refractivity contribution in [2.75, 3.05) is 5.32 Å². The van der Waals surface area contributed by atoms with E-state index in [0.29, 0.717) is 17.9 Å². The zero-order valence-electron chi connectivity index (χ0n) is 12.0. The van der Waals surface area contributed by atoms with Crippen LogP contribution in [0.1, 0.15) is 49.9 Å². The Bertz CT molecular complexity index is 487. The molecule has 0 aliphatic heterocycles. The van der Waals surface area contributed by atoms with Gasteiger partial charge in [0.2, 0.25) is 0 Å². The summed E-state index contributed by atoms with van der Waals surface area (Å²) < 4.78 is 0. The molecule has 0 spiro atoms. The molecule has 0 amide bonds. The van der Waals surface area contributed by atoms with E-state index in [1.807, 2.05) is 6.07 Å². The van der Waals surface area contributed by atoms with Crippen LogP contribution in [0, 0.1) is 11.8 Å². The largest absolute Gasteiger partial charge is 0.478 e. The summed E-state index contributed by atoms with van der Waals surface area (Å²) in [6.07, 6.45) is 4.92. The molecule has 1 saturated carbocycles. The number of nitrogens with one attached hydrogen (secondary N) is 1. The van der Waals surface area contributed by atoms with Crippen molar-refractivity contribution in [1.82, 2.24) is 0 Å². The molecule has 0 saturated heterocycles. The van der Waals surface area contributed by atoms with Crippen molar-refractivity contribution in [2.45, 2.75) is 45.6 Å². The van der Waals surface area contributed by atoms with Crippen LogP contribution in [0.3, 0.4) is 0 Å². The third-order valence-electron chi connectivity index (χ3n) is 4.22. The fraction of sp³-hybridized carbons (Fsp3) is 0.562. The second kappa shape index (κ2) is 6.49. The molecule has 2 unspecified atom stereocenters. The lowest BCUT2D eigenvalue weighted by atomic mass is 9.78. The van der Waals surface area contributed by atoms with Crippen LogP contribution < -0.4 is 5.32 Å². The first-order chi connectivity index (χ1) is 9.49. The Labute approximate surface area is 125 Å². The fourth-order valence-electron chi connectivity index (χ4n) is 3.13. The molecule has 0 radical (unpaired) electrons. The van der Waals surface area contributed by atoms with Crippen molar-refractivity contribution in [3.8, 4) is 0 Å². The molecular formula is C16H22ClNO2. The molecule has 1 aromatic carbocycles. The monoisotopic (exact) mass is 295 g/mol. The van der Waals surface area contributed by atoms with Gasteiger partial charge in [0, 0.05) is 11.7 Å². The number of hydrogen-bond donors (Lipinski definition) is 2. The maximum absolute atomic E-state index is 11.1. The van der Waals surface area contributed by atoms with E-state index in [4.69, 9.17) is 16.7 Å². The molecule has 1 aromatic rings. The highest BCUT2D eigenvalue weighted by atomic mass is 35.5. The average Bonchev–Trinajstić information content (AvgIpc) is 2.41. The summed E-state index contributed by atoms with van der Waals surface area (Å²) in [5, 5.41) is 12.9. The normalized spacial score (nSPS) is 22.8. The van der Waals surface area contributed by atoms with Crippen molar-refractivity contribution in [1.29, 1.82) is 0 Å². The van der Waals surface area contributed by atoms with E-state index in [1.54, 1.807) is 12.1 Å². The van der Waals surface area contributed by atoms with E-state index in [2.05, 4.69) is 19.2 Å². The number of benzene rings is 1. The molecule has 3 nitrogen and oxygen atoms in total. The molecule has 2 N–H and O–H groups in total. The average molecular weight is 296 g/mol. The summed E-state index contributed by atoms with van der Waals surface area (Å²) in [5.41, 5.74) is 1.01. The molecule has 20 heavy (non-hydrogen) atoms. The number of hydrogen-bond acceptors (Lipinski definition) is 2. The predicted molar refractivity (Wildman–Crippen MR) is 82.6 cm³/mol. The second-order valence-electron chi connectivity index (χ2n) is 5.94. The molecule has 1 aliphatic rings. The third-order valence-corrected chi connectivity index (χ3v) is 4.55. The van der Waals surface area contributed by atoms with E-state index < -0.39 is 5.97 Å². The molecule has 0 heterocycles. The molecule has 1 aliphatic carbocycles. The van der Waals surface area contributed by atoms with Crippen LogP contribution in [0.2, 0.25) is 5.02 Å². The van der Waals surface area contributed by atoms with Gasteiger partial charge in [-0.3, -0.25) is 0 Å². The Kier molecular flexibility index (Phi) is 4.92. The first-order valence-corrected chi connectivity index (χ1v) is 7.66. The number of anilines is 1. The zero-order valence-corrected chi connectivity index (χ0v) is 12.8. The van der Waals surface area contributed by atoms with Gasteiger partial charge in [-0.15, -0.1) is 0 Å². The maximum atomic E-state index is 11.1. The number of aromatic carboxylic acids is 1. The van der Waals surface area contributed by atoms with Crippen LogP contribution in [0.15, 0.2) is 18.2 Å². The van der Waals surface area contributed by atoms with Gasteiger partial charge in [0.15, 0.2) is 0 Å². The first kappa shape index (κ1) is 15.2. The highest BCUT2D eigenvalue weighted by molar-refractivity contribution is 6.33. The van der Waals surface area contributed by atoms with Crippen molar-refractivity contribution in [3.63, 3.8) is 0 Å². The van der Waals surface area contributed by atoms with Crippen molar-refractivity contribution in [3.05, 3.63) is 28.8 Å². The second-order valence-corrected chi connectivity index (χ2v) is 6.35. The summed E-state index contributed by atoms with van der Waals surface area (Å²) in [4.78, 5) is 11.1. The molecular weight excluding hydrogens is 274 g/mol. The number of carboxylic acid groups (broad SMARTS) is 1. The topological polar surface area (TPSA) is 49.3 Å². The van der Waals surface area contributed by atoms with Gasteiger partial charge in [-0.1, -0.05) is 38.3 Å². The van der Waals surface area contributed by atoms with Crippen LogP contribution in [-0.4, -0.2) is 17.1 Å². The number of carbonyl (C=O) groups is 1. The van der Waals surface area contributed by atoms with E-state index in [9.17, 15) is 4.79 Å². The van der Waals surface area contributed by atoms with Crippen molar-refractivity contribution in [2.24, 2.45) is 11.8 Å². The Hall–Kier alpha value is -1.22. The minimum Gasteiger partial charge on any atom is -0.478 e. The van der Waals surface area contributed by atoms with Crippen LogP contribution in [0.5, 0.6) is 0 Å². The van der Waals surface area contributed by atoms with Crippen LogP contribution in [0.4, 0.5) is 5.69 Å². The Morgan fingerprint density at radius 1 is 1.35 bits per heavy atom. The van der Waals surface area contributed by atoms with Gasteiger partial charge in [0.25, 0.3) is 0 Å². The molecule has 2 atom stereocenters. The van der Waals surface area contributed by atoms with Crippen molar-refractivity contribution < 1.29 is 9.90 Å². The van der Waals surface area contributed by atoms with Gasteiger partial charge in [0.1, 0.15) is 0 Å². The minimum atomic E-state index is -0.984. The summed E-state index contributed by atoms with van der Waals surface area (Å²) >= 11 is 5.90. The number of halogens is 1. The lowest BCUT2D eigenvalue weighted by Gasteiger charge is -2.35. The first-order valence-electron chi connectivity index (χ1n) is 7.28. The molecule has 110 valence electrons. The summed E-state index contributed by atoms with van der Waals surface area (Å²) in [6.45, 7) is 4.52. The molecule has 4 heteroatoms. The summed E-state index contributed by atoms with van der Waals surface area (Å²) in [5.74, 6) is 0.300. The molecule has 0 bridgehead atoms. The summed E-state index contributed by atoms with van der Waals surface area (Å²) in [7, 11) is 0. The fourth-order valence-corrected chi connectivity index (χ4v) is 3.33. The SMILES string of the molecule is CC(C)C1CCCCC1Nc1ccc(Cl)c(C(=O)O)c1. The van der Waals surface area contributed by atoms with Crippen LogP contribution in [0.25, 0.3) is 0 Å². The van der Waals surface area contributed by atoms with Gasteiger partial charge in [0.05, 0.1) is 10.6 Å².